The van der Waals surface area contributed by atoms with Gasteiger partial charge < -0.3 is 10.6 Å². The number of aromatic nitrogens is 4. The zero-order chi connectivity index (χ0) is 18.7. The van der Waals surface area contributed by atoms with Crippen molar-refractivity contribution in [2.45, 2.75) is 27.2 Å². The summed E-state index contributed by atoms with van der Waals surface area (Å²) in [5.41, 5.74) is 3.40. The van der Waals surface area contributed by atoms with Gasteiger partial charge in [-0.05, 0) is 38.0 Å². The van der Waals surface area contributed by atoms with Crippen LogP contribution in [0, 0.1) is 13.8 Å². The molecule has 0 radical (unpaired) electrons. The molecule has 0 saturated carbocycles. The lowest BCUT2D eigenvalue weighted by molar-refractivity contribution is -0.115. The van der Waals surface area contributed by atoms with E-state index in [1.165, 1.54) is 4.52 Å². The molecule has 8 nitrogen and oxygen atoms in total. The van der Waals surface area contributed by atoms with Crippen molar-refractivity contribution < 1.29 is 9.59 Å². The summed E-state index contributed by atoms with van der Waals surface area (Å²) in [5.74, 6) is -0.499. The number of hydrogen-bond donors (Lipinski definition) is 2. The Bertz CT molecular complexity index is 979. The number of benzene rings is 1. The molecule has 2 N–H and O–H groups in total. The van der Waals surface area contributed by atoms with Gasteiger partial charge in [0.05, 0.1) is 6.54 Å². The summed E-state index contributed by atoms with van der Waals surface area (Å²) < 4.78 is 1.50. The topological polar surface area (TPSA) is 101 Å². The van der Waals surface area contributed by atoms with E-state index in [0.29, 0.717) is 5.78 Å². The van der Waals surface area contributed by atoms with Crippen molar-refractivity contribution in [1.29, 1.82) is 0 Å². The summed E-state index contributed by atoms with van der Waals surface area (Å²) in [6.45, 7) is 5.55. The summed E-state index contributed by atoms with van der Waals surface area (Å²) in [5, 5.41) is 9.48. The second-order valence-corrected chi connectivity index (χ2v) is 5.93. The van der Waals surface area contributed by atoms with Crippen LogP contribution in [-0.4, -0.2) is 37.9 Å². The van der Waals surface area contributed by atoms with Gasteiger partial charge in [-0.1, -0.05) is 25.1 Å². The van der Waals surface area contributed by atoms with Crippen molar-refractivity contribution in [3.8, 4) is 0 Å². The van der Waals surface area contributed by atoms with Gasteiger partial charge in [-0.15, -0.1) is 5.10 Å². The first kappa shape index (κ1) is 17.5. The monoisotopic (exact) mass is 352 g/mol. The maximum Gasteiger partial charge on any atom is 0.291 e. The average Bonchev–Trinajstić information content (AvgIpc) is 3.04. The summed E-state index contributed by atoms with van der Waals surface area (Å²) >= 11 is 0. The minimum absolute atomic E-state index is 0.0204. The Kier molecular flexibility index (Phi) is 4.92. The highest BCUT2D eigenvalue weighted by Gasteiger charge is 2.16. The van der Waals surface area contributed by atoms with E-state index in [1.807, 2.05) is 51.1 Å². The third-order valence-electron chi connectivity index (χ3n) is 3.90. The third kappa shape index (κ3) is 3.69. The summed E-state index contributed by atoms with van der Waals surface area (Å²) in [4.78, 5) is 32.7. The normalized spacial score (nSPS) is 10.7. The van der Waals surface area contributed by atoms with Gasteiger partial charge >= 0.3 is 0 Å². The van der Waals surface area contributed by atoms with E-state index in [-0.39, 0.29) is 18.3 Å². The fraction of sp³-hybridized carbons (Fsp3) is 0.278. The number of rotatable bonds is 5. The van der Waals surface area contributed by atoms with Crippen molar-refractivity contribution in [3.63, 3.8) is 0 Å². The number of carbonyl (C=O) groups excluding carboxylic acids is 2. The predicted octanol–water partition coefficient (Wildman–Crippen LogP) is 1.67. The van der Waals surface area contributed by atoms with Crippen LogP contribution in [0.3, 0.4) is 0 Å². The molecule has 0 aliphatic carbocycles. The maximum absolute atomic E-state index is 12.2. The Morgan fingerprint density at radius 3 is 2.69 bits per heavy atom. The number of aryl methyl sites for hydroxylation is 3. The van der Waals surface area contributed by atoms with E-state index in [9.17, 15) is 9.59 Å². The fourth-order valence-corrected chi connectivity index (χ4v) is 2.65. The number of carbonyl (C=O) groups is 2. The van der Waals surface area contributed by atoms with Gasteiger partial charge in [0.25, 0.3) is 11.7 Å². The van der Waals surface area contributed by atoms with Crippen molar-refractivity contribution >= 4 is 23.3 Å². The zero-order valence-corrected chi connectivity index (χ0v) is 14.9. The van der Waals surface area contributed by atoms with E-state index in [0.717, 1.165) is 29.1 Å². The Balaban J connectivity index is 1.65. The molecule has 2 heterocycles. The summed E-state index contributed by atoms with van der Waals surface area (Å²) in [6.07, 6.45) is 0.805. The number of amides is 2. The second-order valence-electron chi connectivity index (χ2n) is 5.93. The molecule has 26 heavy (non-hydrogen) atoms. The van der Waals surface area contributed by atoms with Crippen molar-refractivity contribution in [2.24, 2.45) is 0 Å². The number of para-hydroxylation sites is 1. The summed E-state index contributed by atoms with van der Waals surface area (Å²) in [6, 6.07) is 9.40. The van der Waals surface area contributed by atoms with Crippen LogP contribution in [0.25, 0.3) is 5.78 Å². The van der Waals surface area contributed by atoms with Crippen molar-refractivity contribution in [3.05, 3.63) is 53.1 Å². The molecular weight excluding hydrogens is 332 g/mol. The minimum atomic E-state index is -0.522. The third-order valence-corrected chi connectivity index (χ3v) is 3.90. The average molecular weight is 352 g/mol. The van der Waals surface area contributed by atoms with Crippen LogP contribution < -0.4 is 10.6 Å². The van der Waals surface area contributed by atoms with Gasteiger partial charge in [-0.25, -0.2) is 9.50 Å². The van der Waals surface area contributed by atoms with Gasteiger partial charge in [0.1, 0.15) is 0 Å². The molecule has 2 amide bonds. The quantitative estimate of drug-likeness (QED) is 0.727. The first-order valence-electron chi connectivity index (χ1n) is 8.35. The number of fused-ring (bicyclic) bond motifs is 1. The fourth-order valence-electron chi connectivity index (χ4n) is 2.65. The lowest BCUT2D eigenvalue weighted by atomic mass is 10.1. The Morgan fingerprint density at radius 2 is 1.92 bits per heavy atom. The molecule has 134 valence electrons. The second kappa shape index (κ2) is 7.30. The lowest BCUT2D eigenvalue weighted by Crippen LogP contribution is -2.33. The van der Waals surface area contributed by atoms with E-state index < -0.39 is 5.91 Å². The molecule has 0 saturated heterocycles. The van der Waals surface area contributed by atoms with Crippen LogP contribution in [0.2, 0.25) is 0 Å². The molecular formula is C18H20N6O2. The zero-order valence-electron chi connectivity index (χ0n) is 14.9. The highest BCUT2D eigenvalue weighted by atomic mass is 16.2. The molecule has 2 aromatic heterocycles. The molecule has 0 atom stereocenters. The van der Waals surface area contributed by atoms with Gasteiger partial charge in [-0.3, -0.25) is 9.59 Å². The Labute approximate surface area is 150 Å². The number of nitrogens with zero attached hydrogens (tertiary/aromatic N) is 4. The summed E-state index contributed by atoms with van der Waals surface area (Å²) in [7, 11) is 0. The van der Waals surface area contributed by atoms with Gasteiger partial charge in [0.15, 0.2) is 0 Å². The van der Waals surface area contributed by atoms with Crippen LogP contribution in [0.4, 0.5) is 5.69 Å². The van der Waals surface area contributed by atoms with Gasteiger partial charge in [-0.2, -0.15) is 4.98 Å². The SMILES string of the molecule is CCc1ccccc1NC(=O)CNC(=O)c1nc2nc(C)cc(C)n2n1. The standard InChI is InChI=1S/C18H20N6O2/c1-4-13-7-5-6-8-14(13)21-15(25)10-19-17(26)16-22-18-20-11(2)9-12(3)24(18)23-16/h5-9H,4,10H2,1-3H3,(H,19,26)(H,21,25). The molecule has 3 rings (SSSR count). The van der Waals surface area contributed by atoms with E-state index in [4.69, 9.17) is 0 Å². The van der Waals surface area contributed by atoms with Crippen molar-refractivity contribution in [1.82, 2.24) is 24.9 Å². The molecule has 0 aliphatic heterocycles. The number of hydrogen-bond acceptors (Lipinski definition) is 5. The molecule has 0 unspecified atom stereocenters. The van der Waals surface area contributed by atoms with E-state index in [2.05, 4.69) is 25.7 Å². The smallest absolute Gasteiger partial charge is 0.291 e. The molecule has 3 aromatic rings. The molecule has 0 bridgehead atoms. The molecule has 1 aromatic carbocycles. The first-order chi connectivity index (χ1) is 12.5. The van der Waals surface area contributed by atoms with Crippen LogP contribution in [-0.2, 0) is 11.2 Å². The Morgan fingerprint density at radius 1 is 1.15 bits per heavy atom. The van der Waals surface area contributed by atoms with Crippen LogP contribution >= 0.6 is 0 Å². The molecule has 0 fully saturated rings. The Hall–Kier alpha value is -3.29. The minimum Gasteiger partial charge on any atom is -0.340 e. The van der Waals surface area contributed by atoms with Crippen LogP contribution in [0.15, 0.2) is 30.3 Å². The molecule has 8 heteroatoms. The van der Waals surface area contributed by atoms with E-state index in [1.54, 1.807) is 0 Å². The number of anilines is 1. The highest BCUT2D eigenvalue weighted by molar-refractivity contribution is 5.98. The number of nitrogens with one attached hydrogen (secondary N) is 2. The van der Waals surface area contributed by atoms with Crippen molar-refractivity contribution in [2.75, 3.05) is 11.9 Å². The van der Waals surface area contributed by atoms with Crippen LogP contribution in [0.1, 0.15) is 34.5 Å². The first-order valence-corrected chi connectivity index (χ1v) is 8.35. The van der Waals surface area contributed by atoms with E-state index >= 15 is 0 Å². The highest BCUT2D eigenvalue weighted by Crippen LogP contribution is 2.15. The molecule has 0 aliphatic rings. The maximum atomic E-state index is 12.2. The van der Waals surface area contributed by atoms with Gasteiger partial charge in [0.2, 0.25) is 11.7 Å². The lowest BCUT2D eigenvalue weighted by Gasteiger charge is -2.09. The predicted molar refractivity (Wildman–Crippen MR) is 97.0 cm³/mol. The van der Waals surface area contributed by atoms with Gasteiger partial charge in [0, 0.05) is 17.1 Å². The largest absolute Gasteiger partial charge is 0.340 e. The molecule has 0 spiro atoms. The van der Waals surface area contributed by atoms with Crippen LogP contribution in [0.5, 0.6) is 0 Å².